The van der Waals surface area contributed by atoms with Gasteiger partial charge in [-0.05, 0) is 52.9 Å². The molecule has 1 aliphatic rings. The molecule has 0 bridgehead atoms. The summed E-state index contributed by atoms with van der Waals surface area (Å²) in [6, 6.07) is 4.85. The zero-order valence-electron chi connectivity index (χ0n) is 11.6. The van der Waals surface area contributed by atoms with E-state index in [9.17, 15) is 8.42 Å². The van der Waals surface area contributed by atoms with Crippen molar-refractivity contribution in [2.75, 3.05) is 5.73 Å². The summed E-state index contributed by atoms with van der Waals surface area (Å²) in [5.41, 5.74) is 6.14. The first-order chi connectivity index (χ1) is 9.40. The van der Waals surface area contributed by atoms with Crippen LogP contribution in [0.15, 0.2) is 27.6 Å². The molecule has 6 heteroatoms. The number of nitrogens with two attached hydrogens (primary N) is 1. The molecule has 1 aromatic rings. The second kappa shape index (κ2) is 6.45. The third-order valence-electron chi connectivity index (χ3n) is 3.91. The molecule has 0 amide bonds. The van der Waals surface area contributed by atoms with Crippen molar-refractivity contribution in [2.45, 2.75) is 50.0 Å². The average molecular weight is 361 g/mol. The molecule has 112 valence electrons. The van der Waals surface area contributed by atoms with Crippen molar-refractivity contribution in [1.82, 2.24) is 4.72 Å². The van der Waals surface area contributed by atoms with E-state index in [2.05, 4.69) is 27.6 Å². The molecule has 2 rings (SSSR count). The van der Waals surface area contributed by atoms with Gasteiger partial charge in [-0.25, -0.2) is 13.1 Å². The van der Waals surface area contributed by atoms with Crippen LogP contribution in [0.4, 0.5) is 5.69 Å². The Labute approximate surface area is 129 Å². The highest BCUT2D eigenvalue weighted by molar-refractivity contribution is 9.10. The molecule has 0 saturated heterocycles. The minimum atomic E-state index is -3.54. The SMILES string of the molecule is CC1CCCCCC1NS(=O)(=O)c1cc(N)ccc1Br. The molecule has 1 fully saturated rings. The van der Waals surface area contributed by atoms with Crippen molar-refractivity contribution in [3.63, 3.8) is 0 Å². The third-order valence-corrected chi connectivity index (χ3v) is 6.40. The maximum Gasteiger partial charge on any atom is 0.242 e. The number of rotatable bonds is 3. The topological polar surface area (TPSA) is 72.2 Å². The van der Waals surface area contributed by atoms with Gasteiger partial charge in [0, 0.05) is 16.2 Å². The quantitative estimate of drug-likeness (QED) is 0.641. The van der Waals surface area contributed by atoms with Crippen molar-refractivity contribution in [1.29, 1.82) is 0 Å². The van der Waals surface area contributed by atoms with Crippen LogP contribution in [0.5, 0.6) is 0 Å². The van der Waals surface area contributed by atoms with Gasteiger partial charge in [-0.15, -0.1) is 0 Å². The van der Waals surface area contributed by atoms with E-state index < -0.39 is 10.0 Å². The highest BCUT2D eigenvalue weighted by atomic mass is 79.9. The fourth-order valence-corrected chi connectivity index (χ4v) is 5.03. The predicted molar refractivity (Wildman–Crippen MR) is 84.9 cm³/mol. The van der Waals surface area contributed by atoms with Crippen LogP contribution >= 0.6 is 15.9 Å². The predicted octanol–water partition coefficient (Wildman–Crippen LogP) is 3.28. The van der Waals surface area contributed by atoms with Crippen LogP contribution in [0.1, 0.15) is 39.0 Å². The van der Waals surface area contributed by atoms with Gasteiger partial charge < -0.3 is 5.73 Å². The van der Waals surface area contributed by atoms with Crippen LogP contribution in [0.2, 0.25) is 0 Å². The second-order valence-corrected chi connectivity index (χ2v) is 8.07. The largest absolute Gasteiger partial charge is 0.399 e. The van der Waals surface area contributed by atoms with E-state index in [0.717, 1.165) is 19.3 Å². The molecule has 0 radical (unpaired) electrons. The number of hydrogen-bond donors (Lipinski definition) is 2. The van der Waals surface area contributed by atoms with Crippen molar-refractivity contribution in [3.05, 3.63) is 22.7 Å². The van der Waals surface area contributed by atoms with E-state index in [1.165, 1.54) is 18.9 Å². The molecule has 2 unspecified atom stereocenters. The van der Waals surface area contributed by atoms with Gasteiger partial charge in [0.2, 0.25) is 10.0 Å². The van der Waals surface area contributed by atoms with Crippen LogP contribution in [-0.4, -0.2) is 14.5 Å². The maximum atomic E-state index is 12.5. The molecule has 1 aromatic carbocycles. The van der Waals surface area contributed by atoms with Crippen molar-refractivity contribution < 1.29 is 8.42 Å². The molecule has 3 N–H and O–H groups in total. The molecule has 1 aliphatic carbocycles. The highest BCUT2D eigenvalue weighted by Crippen LogP contribution is 2.28. The highest BCUT2D eigenvalue weighted by Gasteiger charge is 2.27. The Hall–Kier alpha value is -0.590. The lowest BCUT2D eigenvalue weighted by Crippen LogP contribution is -2.38. The van der Waals surface area contributed by atoms with Gasteiger partial charge in [0.1, 0.15) is 0 Å². The lowest BCUT2D eigenvalue weighted by Gasteiger charge is -2.23. The van der Waals surface area contributed by atoms with E-state index in [1.807, 2.05) is 0 Å². The summed E-state index contributed by atoms with van der Waals surface area (Å²) in [7, 11) is -3.54. The minimum Gasteiger partial charge on any atom is -0.399 e. The van der Waals surface area contributed by atoms with Crippen LogP contribution in [0.25, 0.3) is 0 Å². The number of nitrogen functional groups attached to an aromatic ring is 1. The molecular weight excluding hydrogens is 340 g/mol. The fourth-order valence-electron chi connectivity index (χ4n) is 2.66. The average Bonchev–Trinajstić information content (AvgIpc) is 2.57. The molecule has 0 spiro atoms. The Bertz CT molecular complexity index is 575. The maximum absolute atomic E-state index is 12.5. The lowest BCUT2D eigenvalue weighted by atomic mass is 9.98. The molecular formula is C14H21BrN2O2S. The molecule has 0 aliphatic heterocycles. The minimum absolute atomic E-state index is 0.0100. The van der Waals surface area contributed by atoms with Gasteiger partial charge >= 0.3 is 0 Å². The lowest BCUT2D eigenvalue weighted by molar-refractivity contribution is 0.399. The number of anilines is 1. The summed E-state index contributed by atoms with van der Waals surface area (Å²) in [4.78, 5) is 0.217. The van der Waals surface area contributed by atoms with E-state index >= 15 is 0 Å². The Morgan fingerprint density at radius 1 is 1.25 bits per heavy atom. The summed E-state index contributed by atoms with van der Waals surface area (Å²) in [5, 5.41) is 0. The van der Waals surface area contributed by atoms with Crippen LogP contribution < -0.4 is 10.5 Å². The van der Waals surface area contributed by atoms with Gasteiger partial charge in [0.15, 0.2) is 0 Å². The fraction of sp³-hybridized carbons (Fsp3) is 0.571. The van der Waals surface area contributed by atoms with Crippen molar-refractivity contribution in [2.24, 2.45) is 5.92 Å². The van der Waals surface area contributed by atoms with E-state index in [4.69, 9.17) is 5.73 Å². The Balaban J connectivity index is 2.24. The zero-order valence-corrected chi connectivity index (χ0v) is 14.0. The summed E-state index contributed by atoms with van der Waals surface area (Å²) < 4.78 is 28.5. The van der Waals surface area contributed by atoms with Crippen molar-refractivity contribution >= 4 is 31.6 Å². The third kappa shape index (κ3) is 3.74. The number of halogens is 1. The van der Waals surface area contributed by atoms with E-state index in [0.29, 0.717) is 16.1 Å². The zero-order chi connectivity index (χ0) is 14.8. The van der Waals surface area contributed by atoms with Gasteiger partial charge in [-0.1, -0.05) is 26.2 Å². The van der Waals surface area contributed by atoms with E-state index in [1.54, 1.807) is 12.1 Å². The van der Waals surface area contributed by atoms with E-state index in [-0.39, 0.29) is 10.9 Å². The van der Waals surface area contributed by atoms with Gasteiger partial charge in [-0.3, -0.25) is 0 Å². The van der Waals surface area contributed by atoms with Crippen LogP contribution in [0.3, 0.4) is 0 Å². The monoisotopic (exact) mass is 360 g/mol. The number of hydrogen-bond acceptors (Lipinski definition) is 3. The Morgan fingerprint density at radius 2 is 1.95 bits per heavy atom. The summed E-state index contributed by atoms with van der Waals surface area (Å²) in [5.74, 6) is 0.368. The number of sulfonamides is 1. The molecule has 0 aromatic heterocycles. The first-order valence-electron chi connectivity index (χ1n) is 6.97. The second-order valence-electron chi connectivity index (χ2n) is 5.53. The number of nitrogens with one attached hydrogen (secondary N) is 1. The summed E-state index contributed by atoms with van der Waals surface area (Å²) >= 11 is 3.29. The van der Waals surface area contributed by atoms with Crippen LogP contribution in [-0.2, 0) is 10.0 Å². The summed E-state index contributed by atoms with van der Waals surface area (Å²) in [6.07, 6.45) is 5.42. The first-order valence-corrected chi connectivity index (χ1v) is 9.25. The van der Waals surface area contributed by atoms with Crippen molar-refractivity contribution in [3.8, 4) is 0 Å². The smallest absolute Gasteiger partial charge is 0.242 e. The Morgan fingerprint density at radius 3 is 2.70 bits per heavy atom. The van der Waals surface area contributed by atoms with Gasteiger partial charge in [-0.2, -0.15) is 0 Å². The standard InChI is InChI=1S/C14H21BrN2O2S/c1-10-5-3-2-4-6-13(10)17-20(18,19)14-9-11(16)7-8-12(14)15/h7-10,13,17H,2-6,16H2,1H3. The molecule has 4 nitrogen and oxygen atoms in total. The molecule has 20 heavy (non-hydrogen) atoms. The molecule has 1 saturated carbocycles. The Kier molecular flexibility index (Phi) is 5.09. The summed E-state index contributed by atoms with van der Waals surface area (Å²) in [6.45, 7) is 2.12. The molecule has 0 heterocycles. The van der Waals surface area contributed by atoms with Gasteiger partial charge in [0.05, 0.1) is 4.90 Å². The first kappa shape index (κ1) is 15.8. The normalized spacial score (nSPS) is 24.3. The number of benzene rings is 1. The molecule has 2 atom stereocenters. The van der Waals surface area contributed by atoms with Crippen LogP contribution in [0, 0.1) is 5.92 Å². The van der Waals surface area contributed by atoms with Gasteiger partial charge in [0.25, 0.3) is 0 Å².